The number of halogens is 1. The number of hydrogen-bond acceptors (Lipinski definition) is 10. The summed E-state index contributed by atoms with van der Waals surface area (Å²) in [7, 11) is 0. The summed E-state index contributed by atoms with van der Waals surface area (Å²) >= 11 is 0. The zero-order valence-corrected chi connectivity index (χ0v) is 19.1. The van der Waals surface area contributed by atoms with Crippen molar-refractivity contribution in [1.29, 1.82) is 0 Å². The third-order valence-corrected chi connectivity index (χ3v) is 7.01. The summed E-state index contributed by atoms with van der Waals surface area (Å²) in [5.74, 6) is -10.4. The highest BCUT2D eigenvalue weighted by Crippen LogP contribution is 2.52. The number of Topliss-reactive ketones (excluding diaryl/α,β-unsaturated/α-hetero) is 2. The van der Waals surface area contributed by atoms with Gasteiger partial charge in [0.15, 0.2) is 17.1 Å². The van der Waals surface area contributed by atoms with Gasteiger partial charge in [0.05, 0.1) is 23.8 Å². The van der Waals surface area contributed by atoms with Crippen LogP contribution in [0.5, 0.6) is 5.75 Å². The average molecular weight is 504 g/mol. The number of amides is 2. The molecule has 1 saturated carbocycles. The Kier molecular flexibility index (Phi) is 6.11. The molecular formula is C23H25FN4O8. The van der Waals surface area contributed by atoms with Crippen molar-refractivity contribution in [1.82, 2.24) is 5.32 Å². The molecule has 2 amide bonds. The molecule has 0 bridgehead atoms. The number of aliphatic hydroxyl groups is 3. The van der Waals surface area contributed by atoms with E-state index in [-0.39, 0.29) is 30.6 Å². The summed E-state index contributed by atoms with van der Waals surface area (Å²) in [6.07, 6.45) is -0.475. The number of carbonyl (C=O) groups excluding carboxylic acids is 4. The number of aliphatic hydroxyl groups excluding tert-OH is 2. The normalized spacial score (nSPS) is 27.4. The van der Waals surface area contributed by atoms with E-state index in [2.05, 4.69) is 10.6 Å². The second-order valence-electron chi connectivity index (χ2n) is 9.02. The predicted octanol–water partition coefficient (Wildman–Crippen LogP) is -0.952. The molecule has 0 radical (unpaired) electrons. The van der Waals surface area contributed by atoms with Gasteiger partial charge in [0.2, 0.25) is 11.7 Å². The number of nitrogens with two attached hydrogens (primary N) is 2. The molecule has 36 heavy (non-hydrogen) atoms. The summed E-state index contributed by atoms with van der Waals surface area (Å²) in [6, 6.07) is -0.712. The van der Waals surface area contributed by atoms with Crippen LogP contribution in [0.4, 0.5) is 10.1 Å². The quantitative estimate of drug-likeness (QED) is 0.181. The number of phenolic OH excluding ortho intramolecular Hbond substituents is 1. The molecule has 4 rings (SSSR count). The number of anilines is 1. The van der Waals surface area contributed by atoms with E-state index in [0.717, 1.165) is 6.07 Å². The van der Waals surface area contributed by atoms with E-state index < -0.39 is 86.7 Å². The van der Waals surface area contributed by atoms with Gasteiger partial charge in [-0.1, -0.05) is 6.92 Å². The minimum atomic E-state index is -2.86. The summed E-state index contributed by atoms with van der Waals surface area (Å²) < 4.78 is 15.1. The van der Waals surface area contributed by atoms with Gasteiger partial charge in [-0.2, -0.15) is 0 Å². The second kappa shape index (κ2) is 8.69. The Balaban J connectivity index is 1.86. The van der Waals surface area contributed by atoms with Gasteiger partial charge >= 0.3 is 0 Å². The molecule has 3 aliphatic carbocycles. The van der Waals surface area contributed by atoms with Crippen molar-refractivity contribution in [3.8, 4) is 5.75 Å². The van der Waals surface area contributed by atoms with Gasteiger partial charge in [-0.05, 0) is 25.3 Å². The molecule has 10 N–H and O–H groups in total. The summed E-state index contributed by atoms with van der Waals surface area (Å²) in [4.78, 5) is 49.9. The monoisotopic (exact) mass is 504 g/mol. The molecule has 13 heteroatoms. The molecular weight excluding hydrogens is 479 g/mol. The first kappa shape index (κ1) is 25.3. The summed E-state index contributed by atoms with van der Waals surface area (Å²) in [6.45, 7) is 2.10. The van der Waals surface area contributed by atoms with Crippen LogP contribution in [0.3, 0.4) is 0 Å². The SMILES string of the molecule is CCNCC(=O)Nc1cc(F)c2c(c1O)C(O)=C1C(=O)[C@]3(O)C(O)=C(C(N)=O)C(=O)[C@@H](N)[C@@H]3C[C@@H]1C2. The second-order valence-corrected chi connectivity index (χ2v) is 9.02. The number of benzene rings is 1. The largest absolute Gasteiger partial charge is 0.508 e. The Morgan fingerprint density at radius 1 is 1.25 bits per heavy atom. The minimum Gasteiger partial charge on any atom is -0.508 e. The number of likely N-dealkylation sites (N-methyl/N-ethyl adjacent to an activating group) is 1. The van der Waals surface area contributed by atoms with Crippen molar-refractivity contribution >= 4 is 34.8 Å². The van der Waals surface area contributed by atoms with Crippen LogP contribution in [0.2, 0.25) is 0 Å². The maximum absolute atomic E-state index is 15.1. The number of phenols is 1. The van der Waals surface area contributed by atoms with Crippen LogP contribution in [0, 0.1) is 17.7 Å². The molecule has 0 unspecified atom stereocenters. The molecule has 192 valence electrons. The van der Waals surface area contributed by atoms with Crippen LogP contribution >= 0.6 is 0 Å². The maximum Gasteiger partial charge on any atom is 0.255 e. The van der Waals surface area contributed by atoms with Crippen LogP contribution in [-0.4, -0.2) is 68.5 Å². The van der Waals surface area contributed by atoms with Crippen molar-refractivity contribution in [3.05, 3.63) is 39.9 Å². The van der Waals surface area contributed by atoms with Crippen LogP contribution in [0.25, 0.3) is 5.76 Å². The number of primary amides is 1. The number of carbonyl (C=O) groups is 4. The number of fused-ring (bicyclic) bond motifs is 3. The number of aromatic hydroxyl groups is 1. The number of hydrogen-bond donors (Lipinski definition) is 8. The van der Waals surface area contributed by atoms with Gasteiger partial charge in [-0.3, -0.25) is 19.2 Å². The predicted molar refractivity (Wildman–Crippen MR) is 122 cm³/mol. The highest BCUT2D eigenvalue weighted by atomic mass is 19.1. The van der Waals surface area contributed by atoms with Crippen LogP contribution in [-0.2, 0) is 25.6 Å². The van der Waals surface area contributed by atoms with E-state index >= 15 is 4.39 Å². The third-order valence-electron chi connectivity index (χ3n) is 7.01. The lowest BCUT2D eigenvalue weighted by Crippen LogP contribution is -2.65. The Morgan fingerprint density at radius 2 is 1.92 bits per heavy atom. The molecule has 4 atom stereocenters. The van der Waals surface area contributed by atoms with Crippen LogP contribution in [0.15, 0.2) is 23.0 Å². The number of rotatable bonds is 5. The smallest absolute Gasteiger partial charge is 0.255 e. The lowest BCUT2D eigenvalue weighted by molar-refractivity contribution is -0.149. The van der Waals surface area contributed by atoms with E-state index in [0.29, 0.717) is 6.54 Å². The fourth-order valence-corrected chi connectivity index (χ4v) is 5.27. The molecule has 0 aliphatic heterocycles. The van der Waals surface area contributed by atoms with Crippen molar-refractivity contribution < 1.29 is 44.0 Å². The highest BCUT2D eigenvalue weighted by molar-refractivity contribution is 6.24. The minimum absolute atomic E-state index is 0.135. The zero-order valence-electron chi connectivity index (χ0n) is 19.1. The topological polar surface area (TPSA) is 225 Å². The summed E-state index contributed by atoms with van der Waals surface area (Å²) in [5.41, 5.74) is 5.75. The van der Waals surface area contributed by atoms with Gasteiger partial charge in [0.1, 0.15) is 22.9 Å². The van der Waals surface area contributed by atoms with Crippen molar-refractivity contribution in [3.63, 3.8) is 0 Å². The summed E-state index contributed by atoms with van der Waals surface area (Å²) in [5, 5.41) is 48.7. The first-order valence-corrected chi connectivity index (χ1v) is 11.1. The van der Waals surface area contributed by atoms with E-state index in [4.69, 9.17) is 11.5 Å². The standard InChI is InChI=1S/C23H25FN4O8/c1-2-27-6-12(29)28-11-5-10(24)8-3-7-4-9-16(25)19(32)15(22(26)35)21(34)23(9,36)20(33)13(7)18(31)14(8)17(11)30/h5,7,9,16,27,30-31,34,36H,2-4,6,25H2,1H3,(H2,26,35)(H,28,29)/t7-,9-,16-,23-/m0/s1. The third kappa shape index (κ3) is 3.46. The molecule has 0 saturated heterocycles. The van der Waals surface area contributed by atoms with Crippen molar-refractivity contribution in [2.24, 2.45) is 23.3 Å². The lowest BCUT2D eigenvalue weighted by atomic mass is 9.58. The van der Waals surface area contributed by atoms with Gasteiger partial charge in [0.25, 0.3) is 5.91 Å². The molecule has 0 aromatic heterocycles. The number of nitrogens with one attached hydrogen (secondary N) is 2. The van der Waals surface area contributed by atoms with Gasteiger partial charge in [-0.15, -0.1) is 0 Å². The van der Waals surface area contributed by atoms with E-state index in [9.17, 15) is 39.6 Å². The Hall–Kier alpha value is -3.81. The van der Waals surface area contributed by atoms with E-state index in [1.165, 1.54) is 0 Å². The van der Waals surface area contributed by atoms with E-state index in [1.807, 2.05) is 0 Å². The molecule has 0 heterocycles. The molecule has 1 fully saturated rings. The van der Waals surface area contributed by atoms with Gasteiger partial charge in [0, 0.05) is 23.1 Å². The Morgan fingerprint density at radius 3 is 2.53 bits per heavy atom. The first-order valence-electron chi connectivity index (χ1n) is 11.1. The Labute approximate surface area is 203 Å². The molecule has 1 aromatic rings. The van der Waals surface area contributed by atoms with Crippen LogP contribution in [0.1, 0.15) is 24.5 Å². The molecule has 3 aliphatic rings. The van der Waals surface area contributed by atoms with Crippen LogP contribution < -0.4 is 22.1 Å². The highest BCUT2D eigenvalue weighted by Gasteiger charge is 2.63. The van der Waals surface area contributed by atoms with Crippen molar-refractivity contribution in [2.75, 3.05) is 18.4 Å². The van der Waals surface area contributed by atoms with E-state index in [1.54, 1.807) is 6.92 Å². The zero-order chi connectivity index (χ0) is 26.7. The fourth-order valence-electron chi connectivity index (χ4n) is 5.27. The average Bonchev–Trinajstić information content (AvgIpc) is 2.81. The molecule has 0 spiro atoms. The molecule has 1 aromatic carbocycles. The lowest BCUT2D eigenvalue weighted by Gasteiger charge is -2.48. The first-order chi connectivity index (χ1) is 16.9. The van der Waals surface area contributed by atoms with Gasteiger partial charge in [-0.25, -0.2) is 4.39 Å². The molecule has 12 nitrogen and oxygen atoms in total. The van der Waals surface area contributed by atoms with Gasteiger partial charge < -0.3 is 42.5 Å². The fraction of sp³-hybridized carbons (Fsp3) is 0.391. The Bertz CT molecular complexity index is 1290. The van der Waals surface area contributed by atoms with Crippen molar-refractivity contribution in [2.45, 2.75) is 31.4 Å². The maximum atomic E-state index is 15.1. The number of ketones is 2.